The Hall–Kier alpha value is -1.78. The van der Waals surface area contributed by atoms with E-state index in [1.165, 1.54) is 7.11 Å². The number of rotatable bonds is 6. The fourth-order valence-electron chi connectivity index (χ4n) is 1.66. The molecule has 0 aliphatic carbocycles. The number of aryl methyl sites for hydroxylation is 1. The van der Waals surface area contributed by atoms with E-state index in [0.717, 1.165) is 5.76 Å². The van der Waals surface area contributed by atoms with E-state index in [4.69, 9.17) is 4.42 Å². The van der Waals surface area contributed by atoms with Gasteiger partial charge in [0.15, 0.2) is 0 Å². The minimum atomic E-state index is -0.312. The lowest BCUT2D eigenvalue weighted by atomic mass is 10.1. The summed E-state index contributed by atoms with van der Waals surface area (Å²) in [6.07, 6.45) is 2.53. The third-order valence-electron chi connectivity index (χ3n) is 2.74. The predicted octanol–water partition coefficient (Wildman–Crippen LogP) is 1.48. The van der Waals surface area contributed by atoms with Gasteiger partial charge in [-0.2, -0.15) is 0 Å². The molecular formula is C13H19NO4. The van der Waals surface area contributed by atoms with Crippen LogP contribution in [0.15, 0.2) is 22.8 Å². The minimum absolute atomic E-state index is 0.0119. The van der Waals surface area contributed by atoms with E-state index in [1.54, 1.807) is 31.2 Å². The Bertz CT molecular complexity index is 386. The van der Waals surface area contributed by atoms with Crippen LogP contribution in [0.2, 0.25) is 0 Å². The highest BCUT2D eigenvalue weighted by Crippen LogP contribution is 2.07. The lowest BCUT2D eigenvalue weighted by molar-refractivity contribution is -0.146. The first-order chi connectivity index (χ1) is 8.54. The Kier molecular flexibility index (Phi) is 5.42. The highest BCUT2D eigenvalue weighted by molar-refractivity contribution is 5.77. The van der Waals surface area contributed by atoms with Gasteiger partial charge in [0.2, 0.25) is 5.91 Å². The van der Waals surface area contributed by atoms with E-state index >= 15 is 0 Å². The number of ether oxygens (including phenoxy) is 1. The van der Waals surface area contributed by atoms with Crippen LogP contribution in [0.25, 0.3) is 0 Å². The fraction of sp³-hybridized carbons (Fsp3) is 0.538. The van der Waals surface area contributed by atoms with Crippen molar-refractivity contribution in [2.45, 2.75) is 19.8 Å². The highest BCUT2D eigenvalue weighted by Gasteiger charge is 2.18. The molecule has 0 radical (unpaired) electrons. The van der Waals surface area contributed by atoms with Crippen LogP contribution in [-0.4, -0.2) is 37.5 Å². The van der Waals surface area contributed by atoms with Gasteiger partial charge in [0.05, 0.1) is 19.3 Å². The number of carbonyl (C=O) groups excluding carboxylic acids is 2. The molecule has 0 bridgehead atoms. The second-order valence-corrected chi connectivity index (χ2v) is 4.28. The molecular weight excluding hydrogens is 234 g/mol. The second kappa shape index (κ2) is 6.83. The summed E-state index contributed by atoms with van der Waals surface area (Å²) in [7, 11) is 3.03. The maximum Gasteiger partial charge on any atom is 0.310 e. The van der Waals surface area contributed by atoms with Crippen molar-refractivity contribution in [3.8, 4) is 0 Å². The molecule has 1 amide bonds. The zero-order chi connectivity index (χ0) is 13.5. The molecule has 1 unspecified atom stereocenters. The summed E-state index contributed by atoms with van der Waals surface area (Å²) >= 11 is 0. The monoisotopic (exact) mass is 253 g/mol. The topological polar surface area (TPSA) is 59.8 Å². The second-order valence-electron chi connectivity index (χ2n) is 4.28. The summed E-state index contributed by atoms with van der Waals surface area (Å²) in [5.41, 5.74) is 0. The van der Waals surface area contributed by atoms with Gasteiger partial charge in [-0.3, -0.25) is 9.59 Å². The van der Waals surface area contributed by atoms with Crippen molar-refractivity contribution in [1.29, 1.82) is 0 Å². The first kappa shape index (κ1) is 14.3. The van der Waals surface area contributed by atoms with Crippen LogP contribution in [0.1, 0.15) is 19.1 Å². The molecule has 1 heterocycles. The zero-order valence-corrected chi connectivity index (χ0v) is 11.0. The van der Waals surface area contributed by atoms with E-state index in [9.17, 15) is 9.59 Å². The number of furan rings is 1. The van der Waals surface area contributed by atoms with Gasteiger partial charge in [-0.05, 0) is 12.1 Å². The smallest absolute Gasteiger partial charge is 0.310 e. The molecule has 0 aliphatic rings. The Labute approximate surface area is 107 Å². The van der Waals surface area contributed by atoms with E-state index in [2.05, 4.69) is 4.74 Å². The third-order valence-corrected chi connectivity index (χ3v) is 2.74. The maximum absolute atomic E-state index is 11.8. The summed E-state index contributed by atoms with van der Waals surface area (Å²) in [6.45, 7) is 2.10. The lowest BCUT2D eigenvalue weighted by Crippen LogP contribution is -2.34. The normalized spacial score (nSPS) is 11.9. The van der Waals surface area contributed by atoms with Gasteiger partial charge in [0.1, 0.15) is 5.76 Å². The van der Waals surface area contributed by atoms with Crippen molar-refractivity contribution in [1.82, 2.24) is 4.90 Å². The van der Waals surface area contributed by atoms with E-state index in [1.807, 2.05) is 6.07 Å². The zero-order valence-electron chi connectivity index (χ0n) is 11.0. The summed E-state index contributed by atoms with van der Waals surface area (Å²) in [6, 6.07) is 3.63. The van der Waals surface area contributed by atoms with Crippen molar-refractivity contribution in [2.75, 3.05) is 20.7 Å². The largest absolute Gasteiger partial charge is 0.469 e. The highest BCUT2D eigenvalue weighted by atomic mass is 16.5. The number of esters is 1. The van der Waals surface area contributed by atoms with Gasteiger partial charge in [-0.1, -0.05) is 6.92 Å². The Balaban J connectivity index is 2.34. The summed E-state index contributed by atoms with van der Waals surface area (Å²) in [4.78, 5) is 24.6. The molecule has 1 aromatic rings. The van der Waals surface area contributed by atoms with E-state index < -0.39 is 0 Å². The molecule has 0 fully saturated rings. The molecule has 1 rings (SSSR count). The Morgan fingerprint density at radius 2 is 2.22 bits per heavy atom. The molecule has 100 valence electrons. The Morgan fingerprint density at radius 3 is 2.78 bits per heavy atom. The SMILES string of the molecule is COC(=O)C(C)CN(C)C(=O)CCc1ccco1. The molecule has 0 saturated carbocycles. The number of hydrogen-bond acceptors (Lipinski definition) is 4. The number of nitrogens with zero attached hydrogens (tertiary/aromatic N) is 1. The molecule has 0 N–H and O–H groups in total. The van der Waals surface area contributed by atoms with E-state index in [0.29, 0.717) is 19.4 Å². The van der Waals surface area contributed by atoms with Crippen molar-refractivity contribution < 1.29 is 18.7 Å². The standard InChI is InChI=1S/C13H19NO4/c1-10(13(16)17-3)9-14(2)12(15)7-6-11-5-4-8-18-11/h4-5,8,10H,6-7,9H2,1-3H3. The van der Waals surface area contributed by atoms with Crippen LogP contribution in [0.4, 0.5) is 0 Å². The molecule has 1 aromatic heterocycles. The van der Waals surface area contributed by atoms with E-state index in [-0.39, 0.29) is 17.8 Å². The number of amides is 1. The van der Waals surface area contributed by atoms with Gasteiger partial charge in [0.25, 0.3) is 0 Å². The van der Waals surface area contributed by atoms with Crippen LogP contribution in [0.5, 0.6) is 0 Å². The van der Waals surface area contributed by atoms with Gasteiger partial charge in [-0.25, -0.2) is 0 Å². The van der Waals surface area contributed by atoms with Gasteiger partial charge in [0, 0.05) is 26.4 Å². The molecule has 18 heavy (non-hydrogen) atoms. The molecule has 5 heteroatoms. The van der Waals surface area contributed by atoms with Gasteiger partial charge in [-0.15, -0.1) is 0 Å². The molecule has 0 aromatic carbocycles. The number of hydrogen-bond donors (Lipinski definition) is 0. The summed E-state index contributed by atoms with van der Waals surface area (Å²) in [5, 5.41) is 0. The van der Waals surface area contributed by atoms with Crippen LogP contribution in [-0.2, 0) is 20.7 Å². The van der Waals surface area contributed by atoms with Crippen LogP contribution in [0.3, 0.4) is 0 Å². The van der Waals surface area contributed by atoms with Crippen LogP contribution in [0, 0.1) is 5.92 Å². The predicted molar refractivity (Wildman–Crippen MR) is 65.8 cm³/mol. The average Bonchev–Trinajstić information content (AvgIpc) is 2.87. The van der Waals surface area contributed by atoms with Crippen molar-refractivity contribution in [2.24, 2.45) is 5.92 Å². The van der Waals surface area contributed by atoms with Gasteiger partial charge >= 0.3 is 5.97 Å². The number of methoxy groups -OCH3 is 1. The van der Waals surface area contributed by atoms with Gasteiger partial charge < -0.3 is 14.1 Å². The number of carbonyl (C=O) groups is 2. The lowest BCUT2D eigenvalue weighted by Gasteiger charge is -2.20. The quantitative estimate of drug-likeness (QED) is 0.720. The van der Waals surface area contributed by atoms with Crippen molar-refractivity contribution in [3.63, 3.8) is 0 Å². The maximum atomic E-state index is 11.8. The molecule has 1 atom stereocenters. The Morgan fingerprint density at radius 1 is 1.50 bits per heavy atom. The molecule has 0 spiro atoms. The van der Waals surface area contributed by atoms with Crippen LogP contribution < -0.4 is 0 Å². The van der Waals surface area contributed by atoms with Crippen molar-refractivity contribution in [3.05, 3.63) is 24.2 Å². The third kappa shape index (κ3) is 4.24. The van der Waals surface area contributed by atoms with Crippen molar-refractivity contribution >= 4 is 11.9 Å². The molecule has 5 nitrogen and oxygen atoms in total. The van der Waals surface area contributed by atoms with Crippen LogP contribution >= 0.6 is 0 Å². The molecule has 0 saturated heterocycles. The first-order valence-electron chi connectivity index (χ1n) is 5.88. The minimum Gasteiger partial charge on any atom is -0.469 e. The first-order valence-corrected chi connectivity index (χ1v) is 5.88. The summed E-state index contributed by atoms with van der Waals surface area (Å²) in [5.74, 6) is 0.160. The average molecular weight is 253 g/mol. The molecule has 0 aliphatic heterocycles. The summed E-state index contributed by atoms with van der Waals surface area (Å²) < 4.78 is 9.78. The fourth-order valence-corrected chi connectivity index (χ4v) is 1.66.